The summed E-state index contributed by atoms with van der Waals surface area (Å²) in [7, 11) is -4.14. The number of carbonyl (C=O) groups excluding carboxylic acids is 1. The Morgan fingerprint density at radius 1 is 1.38 bits per heavy atom. The average Bonchev–Trinajstić information content (AvgIpc) is 2.83. The number of amides is 1. The molecule has 128 valence electrons. The highest BCUT2D eigenvalue weighted by atomic mass is 32.2. The molecular formula is C16H17FN2O3S2. The van der Waals surface area contributed by atoms with Crippen LogP contribution in [0.5, 0.6) is 0 Å². The van der Waals surface area contributed by atoms with E-state index in [4.69, 9.17) is 5.73 Å². The summed E-state index contributed by atoms with van der Waals surface area (Å²) in [6, 6.07) is 5.10. The molecule has 1 atom stereocenters. The quantitative estimate of drug-likeness (QED) is 0.869. The molecule has 1 heterocycles. The van der Waals surface area contributed by atoms with Crippen LogP contribution in [0.2, 0.25) is 0 Å². The van der Waals surface area contributed by atoms with Gasteiger partial charge in [-0.3, -0.25) is 9.52 Å². The minimum Gasteiger partial charge on any atom is -0.365 e. The second kappa shape index (κ2) is 6.18. The van der Waals surface area contributed by atoms with Crippen molar-refractivity contribution in [2.45, 2.75) is 31.1 Å². The van der Waals surface area contributed by atoms with Crippen molar-refractivity contribution in [2.75, 3.05) is 4.72 Å². The van der Waals surface area contributed by atoms with Crippen molar-refractivity contribution in [2.24, 2.45) is 11.7 Å². The highest BCUT2D eigenvalue weighted by Gasteiger charge is 2.29. The molecule has 0 spiro atoms. The summed E-state index contributed by atoms with van der Waals surface area (Å²) in [6.45, 7) is 2.11. The number of hydrogen-bond donors (Lipinski definition) is 2. The maximum atomic E-state index is 13.8. The lowest BCUT2D eigenvalue weighted by molar-refractivity contribution is 0.100. The van der Waals surface area contributed by atoms with Crippen molar-refractivity contribution in [3.8, 4) is 0 Å². The monoisotopic (exact) mass is 368 g/mol. The molecule has 0 bridgehead atoms. The highest BCUT2D eigenvalue weighted by molar-refractivity contribution is 7.93. The minimum atomic E-state index is -4.14. The summed E-state index contributed by atoms with van der Waals surface area (Å²) in [6.07, 6.45) is 2.39. The summed E-state index contributed by atoms with van der Waals surface area (Å²) in [5, 5.41) is 0.171. The van der Waals surface area contributed by atoms with Crippen molar-refractivity contribution >= 4 is 32.3 Å². The Hall–Kier alpha value is -1.93. The first-order chi connectivity index (χ1) is 11.3. The van der Waals surface area contributed by atoms with Gasteiger partial charge in [0, 0.05) is 4.88 Å². The third-order valence-corrected chi connectivity index (χ3v) is 6.79. The summed E-state index contributed by atoms with van der Waals surface area (Å²) < 4.78 is 41.1. The van der Waals surface area contributed by atoms with Crippen molar-refractivity contribution < 1.29 is 17.6 Å². The van der Waals surface area contributed by atoms with E-state index >= 15 is 0 Å². The van der Waals surface area contributed by atoms with E-state index in [0.717, 1.165) is 29.3 Å². The Bertz CT molecular complexity index is 906. The summed E-state index contributed by atoms with van der Waals surface area (Å²) >= 11 is 1.21. The number of fused-ring (bicyclic) bond motifs is 1. The first kappa shape index (κ1) is 16.9. The van der Waals surface area contributed by atoms with Crippen molar-refractivity contribution in [1.29, 1.82) is 0 Å². The Kier molecular flexibility index (Phi) is 4.35. The predicted molar refractivity (Wildman–Crippen MR) is 91.2 cm³/mol. The third kappa shape index (κ3) is 3.03. The van der Waals surface area contributed by atoms with E-state index in [1.807, 2.05) is 0 Å². The van der Waals surface area contributed by atoms with Crippen molar-refractivity contribution in [1.82, 2.24) is 0 Å². The predicted octanol–water partition coefficient (Wildman–Crippen LogP) is 2.91. The number of anilines is 1. The Balaban J connectivity index is 2.04. The zero-order chi connectivity index (χ0) is 17.5. The molecular weight excluding hydrogens is 351 g/mol. The molecule has 1 amide bonds. The average molecular weight is 368 g/mol. The lowest BCUT2D eigenvalue weighted by atomic mass is 9.88. The topological polar surface area (TPSA) is 89.3 Å². The number of carbonyl (C=O) groups is 1. The summed E-state index contributed by atoms with van der Waals surface area (Å²) in [5.41, 5.74) is 6.49. The first-order valence-corrected chi connectivity index (χ1v) is 9.81. The fourth-order valence-corrected chi connectivity index (χ4v) is 5.72. The molecule has 0 fully saturated rings. The second-order valence-electron chi connectivity index (χ2n) is 5.96. The second-order valence-corrected chi connectivity index (χ2v) is 8.71. The molecule has 5 nitrogen and oxygen atoms in total. The van der Waals surface area contributed by atoms with Gasteiger partial charge in [-0.15, -0.1) is 11.3 Å². The van der Waals surface area contributed by atoms with E-state index < -0.39 is 26.6 Å². The van der Waals surface area contributed by atoms with Crippen LogP contribution in [-0.4, -0.2) is 14.3 Å². The molecule has 3 rings (SSSR count). The van der Waals surface area contributed by atoms with Gasteiger partial charge in [-0.1, -0.05) is 19.1 Å². The standard InChI is InChI=1S/C16H17FN2O3S2/c1-9-6-7-10-12(8-9)23-16(14(10)15(18)20)19-24(21,22)13-5-3-2-4-11(13)17/h2-5,9,19H,6-8H2,1H3,(H2,18,20)/t9-/m1/s1. The van der Waals surface area contributed by atoms with Crippen LogP contribution < -0.4 is 10.5 Å². The number of halogens is 1. The molecule has 1 aliphatic rings. The molecule has 0 unspecified atom stereocenters. The van der Waals surface area contributed by atoms with Crippen molar-refractivity contribution in [3.63, 3.8) is 0 Å². The molecule has 24 heavy (non-hydrogen) atoms. The van der Waals surface area contributed by atoms with E-state index in [0.29, 0.717) is 12.3 Å². The minimum absolute atomic E-state index is 0.171. The van der Waals surface area contributed by atoms with Gasteiger partial charge in [0.05, 0.1) is 5.56 Å². The SMILES string of the molecule is C[C@@H]1CCc2c(sc(NS(=O)(=O)c3ccccc3F)c2C(N)=O)C1. The highest BCUT2D eigenvalue weighted by Crippen LogP contribution is 2.40. The molecule has 0 aliphatic heterocycles. The van der Waals surface area contributed by atoms with Gasteiger partial charge in [0.1, 0.15) is 15.7 Å². The Labute approximate surface area is 143 Å². The molecule has 1 aromatic heterocycles. The molecule has 2 aromatic rings. The summed E-state index contributed by atoms with van der Waals surface area (Å²) in [4.78, 5) is 12.4. The van der Waals surface area contributed by atoms with E-state index in [-0.39, 0.29) is 10.6 Å². The van der Waals surface area contributed by atoms with Crippen LogP contribution in [0.25, 0.3) is 0 Å². The maximum Gasteiger partial charge on any atom is 0.265 e. The molecule has 3 N–H and O–H groups in total. The zero-order valence-electron chi connectivity index (χ0n) is 13.0. The van der Waals surface area contributed by atoms with Gasteiger partial charge in [-0.25, -0.2) is 12.8 Å². The Morgan fingerprint density at radius 2 is 2.08 bits per heavy atom. The van der Waals surface area contributed by atoms with Gasteiger partial charge in [0.2, 0.25) is 0 Å². The lowest BCUT2D eigenvalue weighted by Gasteiger charge is -2.18. The largest absolute Gasteiger partial charge is 0.365 e. The fraction of sp³-hybridized carbons (Fsp3) is 0.312. The Morgan fingerprint density at radius 3 is 2.75 bits per heavy atom. The first-order valence-electron chi connectivity index (χ1n) is 7.51. The molecule has 0 saturated heterocycles. The van der Waals surface area contributed by atoms with Crippen LogP contribution in [0, 0.1) is 11.7 Å². The smallest absolute Gasteiger partial charge is 0.265 e. The van der Waals surface area contributed by atoms with Crippen LogP contribution >= 0.6 is 11.3 Å². The lowest BCUT2D eigenvalue weighted by Crippen LogP contribution is -2.20. The summed E-state index contributed by atoms with van der Waals surface area (Å²) in [5.74, 6) is -1.05. The van der Waals surface area contributed by atoms with Gasteiger partial charge < -0.3 is 5.73 Å². The molecule has 1 aliphatic carbocycles. The van der Waals surface area contributed by atoms with Crippen molar-refractivity contribution in [3.05, 3.63) is 46.1 Å². The van der Waals surface area contributed by atoms with Crippen LogP contribution in [0.3, 0.4) is 0 Å². The number of thiophene rings is 1. The van der Waals surface area contributed by atoms with Gasteiger partial charge in [-0.2, -0.15) is 0 Å². The number of primary amides is 1. The van der Waals surface area contributed by atoms with Crippen LogP contribution in [-0.2, 0) is 22.9 Å². The van der Waals surface area contributed by atoms with Gasteiger partial charge in [0.25, 0.3) is 15.9 Å². The molecule has 1 aromatic carbocycles. The fourth-order valence-electron chi connectivity index (χ4n) is 2.92. The normalized spacial score (nSPS) is 17.3. The van der Waals surface area contributed by atoms with E-state index in [1.165, 1.54) is 29.5 Å². The van der Waals surface area contributed by atoms with Gasteiger partial charge in [0.15, 0.2) is 0 Å². The van der Waals surface area contributed by atoms with Crippen LogP contribution in [0.4, 0.5) is 9.39 Å². The van der Waals surface area contributed by atoms with Crippen LogP contribution in [0.1, 0.15) is 34.1 Å². The molecule has 0 saturated carbocycles. The zero-order valence-corrected chi connectivity index (χ0v) is 14.6. The van der Waals surface area contributed by atoms with E-state index in [2.05, 4.69) is 11.6 Å². The maximum absolute atomic E-state index is 13.8. The number of benzene rings is 1. The number of sulfonamides is 1. The van der Waals surface area contributed by atoms with Gasteiger partial charge in [-0.05, 0) is 42.9 Å². The number of nitrogens with two attached hydrogens (primary N) is 1. The van der Waals surface area contributed by atoms with Gasteiger partial charge >= 0.3 is 0 Å². The van der Waals surface area contributed by atoms with Crippen LogP contribution in [0.15, 0.2) is 29.2 Å². The number of hydrogen-bond acceptors (Lipinski definition) is 4. The number of nitrogens with one attached hydrogen (secondary N) is 1. The molecule has 8 heteroatoms. The molecule has 0 radical (unpaired) electrons. The number of rotatable bonds is 4. The van der Waals surface area contributed by atoms with E-state index in [9.17, 15) is 17.6 Å². The third-order valence-electron chi connectivity index (χ3n) is 4.11. The van der Waals surface area contributed by atoms with E-state index in [1.54, 1.807) is 0 Å².